The summed E-state index contributed by atoms with van der Waals surface area (Å²) in [5.74, 6) is 0.730. The second kappa shape index (κ2) is 3.39. The summed E-state index contributed by atoms with van der Waals surface area (Å²) < 4.78 is 33.4. The SMILES string of the molecule is CS(=O)(=O)c1c(CN)ccc2c1OCO2. The van der Waals surface area contributed by atoms with Gasteiger partial charge in [-0.1, -0.05) is 6.07 Å². The minimum absolute atomic E-state index is 0.0475. The fourth-order valence-electron chi connectivity index (χ4n) is 1.55. The topological polar surface area (TPSA) is 78.6 Å². The van der Waals surface area contributed by atoms with E-state index in [-0.39, 0.29) is 24.0 Å². The Morgan fingerprint density at radius 1 is 1.40 bits per heavy atom. The van der Waals surface area contributed by atoms with Crippen LogP contribution in [-0.4, -0.2) is 21.5 Å². The van der Waals surface area contributed by atoms with Gasteiger partial charge in [0.2, 0.25) is 6.79 Å². The summed E-state index contributed by atoms with van der Waals surface area (Å²) in [7, 11) is -3.36. The third-order valence-corrected chi connectivity index (χ3v) is 3.36. The molecule has 2 rings (SSSR count). The Hall–Kier alpha value is -1.27. The van der Waals surface area contributed by atoms with Crippen LogP contribution in [-0.2, 0) is 16.4 Å². The summed E-state index contributed by atoms with van der Waals surface area (Å²) in [6.45, 7) is 0.199. The Morgan fingerprint density at radius 2 is 2.13 bits per heavy atom. The van der Waals surface area contributed by atoms with Gasteiger partial charge in [0, 0.05) is 12.8 Å². The van der Waals surface area contributed by atoms with Crippen molar-refractivity contribution in [2.75, 3.05) is 13.0 Å². The van der Waals surface area contributed by atoms with E-state index in [4.69, 9.17) is 15.2 Å². The molecule has 1 heterocycles. The highest BCUT2D eigenvalue weighted by Gasteiger charge is 2.26. The Kier molecular flexibility index (Phi) is 2.32. The molecule has 6 heteroatoms. The lowest BCUT2D eigenvalue weighted by atomic mass is 10.2. The van der Waals surface area contributed by atoms with Crippen molar-refractivity contribution < 1.29 is 17.9 Å². The normalized spacial score (nSPS) is 14.3. The van der Waals surface area contributed by atoms with Gasteiger partial charge < -0.3 is 15.2 Å². The van der Waals surface area contributed by atoms with Crippen LogP contribution in [0, 0.1) is 0 Å². The quantitative estimate of drug-likeness (QED) is 0.788. The number of hydrogen-bond acceptors (Lipinski definition) is 5. The average molecular weight is 229 g/mol. The molecule has 0 unspecified atom stereocenters. The van der Waals surface area contributed by atoms with E-state index >= 15 is 0 Å². The molecule has 1 aliphatic rings. The first-order valence-electron chi connectivity index (χ1n) is 4.35. The highest BCUT2D eigenvalue weighted by molar-refractivity contribution is 7.90. The maximum Gasteiger partial charge on any atom is 0.231 e. The van der Waals surface area contributed by atoms with E-state index in [0.29, 0.717) is 11.3 Å². The minimum Gasteiger partial charge on any atom is -0.454 e. The number of hydrogen-bond donors (Lipinski definition) is 1. The van der Waals surface area contributed by atoms with Crippen LogP contribution in [0.5, 0.6) is 11.5 Å². The van der Waals surface area contributed by atoms with E-state index in [0.717, 1.165) is 6.26 Å². The molecule has 5 nitrogen and oxygen atoms in total. The Bertz CT molecular complexity index is 495. The van der Waals surface area contributed by atoms with Gasteiger partial charge >= 0.3 is 0 Å². The van der Waals surface area contributed by atoms with Gasteiger partial charge in [0.05, 0.1) is 0 Å². The van der Waals surface area contributed by atoms with E-state index in [2.05, 4.69) is 0 Å². The third-order valence-electron chi connectivity index (χ3n) is 2.17. The van der Waals surface area contributed by atoms with Crippen LogP contribution in [0.1, 0.15) is 5.56 Å². The van der Waals surface area contributed by atoms with Crippen LogP contribution >= 0.6 is 0 Å². The Labute approximate surface area is 87.7 Å². The average Bonchev–Trinajstić information content (AvgIpc) is 2.61. The molecular weight excluding hydrogens is 218 g/mol. The van der Waals surface area contributed by atoms with Crippen LogP contribution in [0.25, 0.3) is 0 Å². The van der Waals surface area contributed by atoms with E-state index in [1.54, 1.807) is 12.1 Å². The molecule has 0 spiro atoms. The lowest BCUT2D eigenvalue weighted by Crippen LogP contribution is -2.07. The number of fused-ring (bicyclic) bond motifs is 1. The molecule has 0 atom stereocenters. The monoisotopic (exact) mass is 229 g/mol. The fraction of sp³-hybridized carbons (Fsp3) is 0.333. The van der Waals surface area contributed by atoms with Gasteiger partial charge in [-0.2, -0.15) is 0 Å². The number of rotatable bonds is 2. The lowest BCUT2D eigenvalue weighted by Gasteiger charge is -2.08. The van der Waals surface area contributed by atoms with Crippen LogP contribution in [0.2, 0.25) is 0 Å². The molecular formula is C9H11NO4S. The second-order valence-corrected chi connectivity index (χ2v) is 5.22. The summed E-state index contributed by atoms with van der Waals surface area (Å²) in [5, 5.41) is 0. The first kappa shape index (κ1) is 10.3. The molecule has 82 valence electrons. The maximum atomic E-state index is 11.6. The van der Waals surface area contributed by atoms with Crippen LogP contribution < -0.4 is 15.2 Å². The minimum atomic E-state index is -3.36. The van der Waals surface area contributed by atoms with Crippen molar-refractivity contribution in [3.8, 4) is 11.5 Å². The summed E-state index contributed by atoms with van der Waals surface area (Å²) in [5.41, 5.74) is 6.02. The largest absolute Gasteiger partial charge is 0.454 e. The third kappa shape index (κ3) is 1.66. The molecule has 0 amide bonds. The predicted molar refractivity (Wildman–Crippen MR) is 53.6 cm³/mol. The van der Waals surface area contributed by atoms with Gasteiger partial charge in [-0.3, -0.25) is 0 Å². The summed E-state index contributed by atoms with van der Waals surface area (Å²) in [6.07, 6.45) is 1.13. The molecule has 0 fully saturated rings. The van der Waals surface area contributed by atoms with Crippen LogP contribution in [0.4, 0.5) is 0 Å². The standard InChI is InChI=1S/C9H11NO4S/c1-15(11,12)9-6(4-10)2-3-7-8(9)14-5-13-7/h2-3H,4-5,10H2,1H3. The fourth-order valence-corrected chi connectivity index (χ4v) is 2.68. The maximum absolute atomic E-state index is 11.6. The second-order valence-electron chi connectivity index (χ2n) is 3.26. The van der Waals surface area contributed by atoms with Gasteiger partial charge in [0.25, 0.3) is 0 Å². The predicted octanol–water partition coefficient (Wildman–Crippen LogP) is 0.277. The van der Waals surface area contributed by atoms with E-state index < -0.39 is 9.84 Å². The molecule has 0 saturated heterocycles. The highest BCUT2D eigenvalue weighted by atomic mass is 32.2. The first-order valence-corrected chi connectivity index (χ1v) is 6.25. The van der Waals surface area contributed by atoms with Crippen molar-refractivity contribution in [3.05, 3.63) is 17.7 Å². The van der Waals surface area contributed by atoms with Gasteiger partial charge in [0.1, 0.15) is 4.90 Å². The van der Waals surface area contributed by atoms with Gasteiger partial charge in [-0.15, -0.1) is 0 Å². The van der Waals surface area contributed by atoms with Crippen LogP contribution in [0.3, 0.4) is 0 Å². The van der Waals surface area contributed by atoms with Crippen molar-refractivity contribution >= 4 is 9.84 Å². The molecule has 0 bridgehead atoms. The van der Waals surface area contributed by atoms with Crippen molar-refractivity contribution in [1.82, 2.24) is 0 Å². The van der Waals surface area contributed by atoms with Gasteiger partial charge in [-0.05, 0) is 11.6 Å². The summed E-state index contributed by atoms with van der Waals surface area (Å²) in [6, 6.07) is 3.31. The highest BCUT2D eigenvalue weighted by Crippen LogP contribution is 2.40. The zero-order chi connectivity index (χ0) is 11.1. The van der Waals surface area contributed by atoms with Gasteiger partial charge in [-0.25, -0.2) is 8.42 Å². The van der Waals surface area contributed by atoms with E-state index in [1.807, 2.05) is 0 Å². The molecule has 15 heavy (non-hydrogen) atoms. The van der Waals surface area contributed by atoms with Crippen LogP contribution in [0.15, 0.2) is 17.0 Å². The van der Waals surface area contributed by atoms with Gasteiger partial charge in [0.15, 0.2) is 21.3 Å². The molecule has 1 aromatic carbocycles. The summed E-state index contributed by atoms with van der Waals surface area (Å²) in [4.78, 5) is 0.139. The molecule has 0 radical (unpaired) electrons. The van der Waals surface area contributed by atoms with Crippen molar-refractivity contribution in [1.29, 1.82) is 0 Å². The van der Waals surface area contributed by atoms with E-state index in [9.17, 15) is 8.42 Å². The smallest absolute Gasteiger partial charge is 0.231 e. The molecule has 0 saturated carbocycles. The number of benzene rings is 1. The lowest BCUT2D eigenvalue weighted by molar-refractivity contribution is 0.172. The van der Waals surface area contributed by atoms with Crippen molar-refractivity contribution in [2.45, 2.75) is 11.4 Å². The number of sulfone groups is 1. The van der Waals surface area contributed by atoms with E-state index in [1.165, 1.54) is 0 Å². The Balaban J connectivity index is 2.74. The molecule has 0 aromatic heterocycles. The molecule has 2 N–H and O–H groups in total. The Morgan fingerprint density at radius 3 is 2.73 bits per heavy atom. The zero-order valence-electron chi connectivity index (χ0n) is 8.19. The van der Waals surface area contributed by atoms with Crippen molar-refractivity contribution in [3.63, 3.8) is 0 Å². The first-order chi connectivity index (χ1) is 7.04. The number of nitrogens with two attached hydrogens (primary N) is 1. The molecule has 0 aliphatic carbocycles. The van der Waals surface area contributed by atoms with Crippen molar-refractivity contribution in [2.24, 2.45) is 5.73 Å². The molecule has 1 aliphatic heterocycles. The zero-order valence-corrected chi connectivity index (χ0v) is 9.00. The number of ether oxygens (including phenoxy) is 2. The molecule has 1 aromatic rings. The summed E-state index contributed by atoms with van der Waals surface area (Å²) >= 11 is 0.